The Bertz CT molecular complexity index is 1270. The topological polar surface area (TPSA) is 83.1 Å². The molecule has 2 aliphatic heterocycles. The Morgan fingerprint density at radius 3 is 2.50 bits per heavy atom. The number of carbonyl (C=O) groups is 1. The molecule has 1 unspecified atom stereocenters. The molecule has 1 aromatic heterocycles. The van der Waals surface area contributed by atoms with Gasteiger partial charge in [-0.2, -0.15) is 0 Å². The lowest BCUT2D eigenvalue weighted by Gasteiger charge is -2.36. The molecule has 0 amide bonds. The van der Waals surface area contributed by atoms with Crippen LogP contribution in [0.3, 0.4) is 0 Å². The van der Waals surface area contributed by atoms with Crippen LogP contribution in [0.4, 0.5) is 11.6 Å². The third-order valence-electron chi connectivity index (χ3n) is 8.19. The molecule has 2 aromatic carbocycles. The monoisotopic (exact) mass is 544 g/mol. The number of fused-ring (bicyclic) bond motifs is 1. The van der Waals surface area contributed by atoms with Crippen LogP contribution in [0.1, 0.15) is 48.5 Å². The summed E-state index contributed by atoms with van der Waals surface area (Å²) in [4.78, 5) is 28.6. The minimum absolute atomic E-state index is 0.00527. The van der Waals surface area contributed by atoms with Crippen molar-refractivity contribution < 1.29 is 14.3 Å². The van der Waals surface area contributed by atoms with Crippen molar-refractivity contribution in [3.8, 4) is 11.5 Å². The van der Waals surface area contributed by atoms with Crippen LogP contribution in [-0.4, -0.2) is 79.5 Å². The third kappa shape index (κ3) is 5.90. The number of likely N-dealkylation sites (N-methyl/N-ethyl adjacent to an activating group) is 1. The molecule has 40 heavy (non-hydrogen) atoms. The summed E-state index contributed by atoms with van der Waals surface area (Å²) >= 11 is 0. The highest BCUT2D eigenvalue weighted by Gasteiger charge is 2.37. The lowest BCUT2D eigenvalue weighted by molar-refractivity contribution is -0.113. The molecule has 1 fully saturated rings. The van der Waals surface area contributed by atoms with Crippen LogP contribution in [0.2, 0.25) is 0 Å². The van der Waals surface area contributed by atoms with Gasteiger partial charge in [0.05, 0.1) is 20.3 Å². The van der Waals surface area contributed by atoms with Crippen molar-refractivity contribution in [2.45, 2.75) is 38.4 Å². The second kappa shape index (κ2) is 13.1. The fraction of sp³-hybridized carbons (Fsp3) is 0.452. The molecule has 3 aromatic rings. The molecule has 0 bridgehead atoms. The Hall–Kier alpha value is -3.69. The van der Waals surface area contributed by atoms with Gasteiger partial charge in [0.25, 0.3) is 0 Å². The largest absolute Gasteiger partial charge is 0.493 e. The summed E-state index contributed by atoms with van der Waals surface area (Å²) in [5.74, 6) is 2.00. The SMILES string of the molecule is CCN1CCN(c2cccc3c2CN([C@H](CCCNc2ncccn2)c2ccc(OC)c(OC)c2)C3C=O)CC1. The van der Waals surface area contributed by atoms with E-state index in [0.717, 1.165) is 76.1 Å². The fourth-order valence-corrected chi connectivity index (χ4v) is 6.03. The number of hydrogen-bond acceptors (Lipinski definition) is 9. The summed E-state index contributed by atoms with van der Waals surface area (Å²) < 4.78 is 11.2. The summed E-state index contributed by atoms with van der Waals surface area (Å²) in [7, 11) is 3.30. The highest BCUT2D eigenvalue weighted by atomic mass is 16.5. The zero-order valence-corrected chi connectivity index (χ0v) is 23.8. The van der Waals surface area contributed by atoms with E-state index in [-0.39, 0.29) is 12.1 Å². The van der Waals surface area contributed by atoms with Crippen LogP contribution < -0.4 is 19.7 Å². The van der Waals surface area contributed by atoms with Crippen LogP contribution >= 0.6 is 0 Å². The molecule has 212 valence electrons. The smallest absolute Gasteiger partial charge is 0.222 e. The van der Waals surface area contributed by atoms with Gasteiger partial charge < -0.3 is 29.4 Å². The maximum absolute atomic E-state index is 12.7. The van der Waals surface area contributed by atoms with Gasteiger partial charge in [0, 0.05) is 63.4 Å². The summed E-state index contributed by atoms with van der Waals surface area (Å²) in [5, 5.41) is 3.32. The molecule has 0 spiro atoms. The average molecular weight is 545 g/mol. The Kier molecular flexibility index (Phi) is 9.13. The van der Waals surface area contributed by atoms with E-state index < -0.39 is 0 Å². The van der Waals surface area contributed by atoms with Crippen molar-refractivity contribution in [1.29, 1.82) is 0 Å². The van der Waals surface area contributed by atoms with Crippen molar-refractivity contribution in [1.82, 2.24) is 19.8 Å². The number of ether oxygens (including phenoxy) is 2. The van der Waals surface area contributed by atoms with Gasteiger partial charge in [0.15, 0.2) is 11.5 Å². The Morgan fingerprint density at radius 1 is 1.02 bits per heavy atom. The fourth-order valence-electron chi connectivity index (χ4n) is 6.03. The van der Waals surface area contributed by atoms with E-state index in [1.165, 1.54) is 11.3 Å². The second-order valence-corrected chi connectivity index (χ2v) is 10.3. The van der Waals surface area contributed by atoms with Gasteiger partial charge in [0.2, 0.25) is 5.95 Å². The number of hydrogen-bond donors (Lipinski definition) is 1. The van der Waals surface area contributed by atoms with E-state index in [1.807, 2.05) is 12.1 Å². The first-order valence-corrected chi connectivity index (χ1v) is 14.2. The predicted octanol–water partition coefficient (Wildman–Crippen LogP) is 4.32. The number of piperazine rings is 1. The van der Waals surface area contributed by atoms with Gasteiger partial charge in [-0.25, -0.2) is 9.97 Å². The number of nitrogens with one attached hydrogen (secondary N) is 1. The number of anilines is 2. The number of nitrogens with zero attached hydrogens (tertiary/aromatic N) is 5. The zero-order valence-electron chi connectivity index (χ0n) is 23.8. The van der Waals surface area contributed by atoms with Crippen LogP contribution in [0.15, 0.2) is 54.9 Å². The lowest BCUT2D eigenvalue weighted by atomic mass is 9.98. The molecule has 0 saturated carbocycles. The molecule has 1 saturated heterocycles. The molecule has 3 heterocycles. The predicted molar refractivity (Wildman–Crippen MR) is 157 cm³/mol. The molecule has 0 radical (unpaired) electrons. The van der Waals surface area contributed by atoms with Gasteiger partial charge in [0.1, 0.15) is 6.29 Å². The molecule has 9 nitrogen and oxygen atoms in total. The van der Waals surface area contributed by atoms with Crippen LogP contribution in [-0.2, 0) is 11.3 Å². The summed E-state index contributed by atoms with van der Waals surface area (Å²) in [5.41, 5.74) is 4.75. The standard InChI is InChI=1S/C31H40N6O3/c1-4-35-16-18-36(19-17-35)27-9-5-8-24-25(27)21-37(28(24)22-38)26(10-6-13-32-31-33-14-7-15-34-31)23-11-12-29(39-2)30(20-23)40-3/h5,7-9,11-12,14-15,20,22,26,28H,4,6,10,13,16-19,21H2,1-3H3,(H,32,33,34)/t26-,28?/m1/s1. The van der Waals surface area contributed by atoms with Crippen LogP contribution in [0.25, 0.3) is 0 Å². The van der Waals surface area contributed by atoms with Crippen LogP contribution in [0.5, 0.6) is 11.5 Å². The highest BCUT2D eigenvalue weighted by Crippen LogP contribution is 2.45. The van der Waals surface area contributed by atoms with Crippen molar-refractivity contribution in [3.05, 3.63) is 71.5 Å². The quantitative estimate of drug-likeness (QED) is 0.265. The third-order valence-corrected chi connectivity index (χ3v) is 8.19. The first kappa shape index (κ1) is 27.9. The second-order valence-electron chi connectivity index (χ2n) is 10.3. The van der Waals surface area contributed by atoms with Crippen LogP contribution in [0, 0.1) is 0 Å². The Morgan fingerprint density at radius 2 is 1.80 bits per heavy atom. The van der Waals surface area contributed by atoms with E-state index in [2.05, 4.69) is 61.2 Å². The maximum atomic E-state index is 12.7. The average Bonchev–Trinajstić information content (AvgIpc) is 3.39. The van der Waals surface area contributed by atoms with Gasteiger partial charge >= 0.3 is 0 Å². The first-order chi connectivity index (χ1) is 19.7. The molecule has 5 rings (SSSR count). The van der Waals surface area contributed by atoms with Gasteiger partial charge in [-0.15, -0.1) is 0 Å². The lowest BCUT2D eigenvalue weighted by Crippen LogP contribution is -2.46. The summed E-state index contributed by atoms with van der Waals surface area (Å²) in [6, 6.07) is 14.1. The zero-order chi connectivity index (χ0) is 27.9. The molecule has 9 heteroatoms. The molecule has 2 atom stereocenters. The minimum atomic E-state index is -0.310. The van der Waals surface area contributed by atoms with E-state index in [0.29, 0.717) is 17.4 Å². The van der Waals surface area contributed by atoms with Crippen molar-refractivity contribution >= 4 is 17.9 Å². The molecular formula is C31H40N6O3. The molecule has 1 N–H and O–H groups in total. The van der Waals surface area contributed by atoms with E-state index in [4.69, 9.17) is 9.47 Å². The number of aldehydes is 1. The number of rotatable bonds is 12. The molecule has 2 aliphatic rings. The van der Waals surface area contributed by atoms with E-state index in [1.54, 1.807) is 32.7 Å². The van der Waals surface area contributed by atoms with Gasteiger partial charge in [-0.05, 0) is 60.3 Å². The number of benzene rings is 2. The van der Waals surface area contributed by atoms with E-state index >= 15 is 0 Å². The van der Waals surface area contributed by atoms with Crippen molar-refractivity contribution in [2.24, 2.45) is 0 Å². The molecular weight excluding hydrogens is 504 g/mol. The normalized spacial score (nSPS) is 18.3. The maximum Gasteiger partial charge on any atom is 0.222 e. The first-order valence-electron chi connectivity index (χ1n) is 14.2. The van der Waals surface area contributed by atoms with Crippen molar-refractivity contribution in [3.63, 3.8) is 0 Å². The number of methoxy groups -OCH3 is 2. The minimum Gasteiger partial charge on any atom is -0.493 e. The highest BCUT2D eigenvalue weighted by molar-refractivity contribution is 5.70. The van der Waals surface area contributed by atoms with E-state index in [9.17, 15) is 4.79 Å². The van der Waals surface area contributed by atoms with Crippen molar-refractivity contribution in [2.75, 3.05) is 63.7 Å². The number of aromatic nitrogens is 2. The summed E-state index contributed by atoms with van der Waals surface area (Å²) in [6.45, 7) is 8.88. The number of carbonyl (C=O) groups excluding carboxylic acids is 1. The van der Waals surface area contributed by atoms with Gasteiger partial charge in [-0.1, -0.05) is 25.1 Å². The Labute approximate surface area is 237 Å². The molecule has 0 aliphatic carbocycles. The van der Waals surface area contributed by atoms with Gasteiger partial charge in [-0.3, -0.25) is 4.90 Å². The Balaban J connectivity index is 1.41. The summed E-state index contributed by atoms with van der Waals surface area (Å²) in [6.07, 6.45) is 6.29.